The Balaban J connectivity index is 4.17. The van der Waals surface area contributed by atoms with Crippen LogP contribution in [0.2, 0.25) is 0 Å². The fourth-order valence-electron chi connectivity index (χ4n) is 7.20. The fourth-order valence-corrected chi connectivity index (χ4v) is 7.95. The van der Waals surface area contributed by atoms with Crippen LogP contribution in [0.5, 0.6) is 0 Å². The highest BCUT2D eigenvalue weighted by Crippen LogP contribution is 2.43. The highest BCUT2D eigenvalue weighted by atomic mass is 31.2. The van der Waals surface area contributed by atoms with Gasteiger partial charge < -0.3 is 18.9 Å². The average Bonchev–Trinajstić information content (AvgIpc) is 3.27. The number of allylic oxidation sites excluding steroid dienone is 12. The van der Waals surface area contributed by atoms with Gasteiger partial charge in [-0.05, 0) is 64.2 Å². The molecule has 2 unspecified atom stereocenters. The number of rotatable bonds is 49. The number of phosphoric acid groups is 1. The molecule has 0 aromatic rings. The molecule has 1 N–H and O–H groups in total. The molecular formula is C56H103NO7P+. The largest absolute Gasteiger partial charge is 0.472 e. The topological polar surface area (TPSA) is 91.3 Å². The number of carbonyl (C=O) groups excluding carboxylic acids is 1. The number of nitrogens with zero attached hydrogens (tertiary/aromatic N) is 1. The van der Waals surface area contributed by atoms with Crippen molar-refractivity contribution >= 4 is 13.8 Å². The zero-order valence-corrected chi connectivity index (χ0v) is 43.9. The molecule has 9 heteroatoms. The van der Waals surface area contributed by atoms with E-state index >= 15 is 0 Å². The van der Waals surface area contributed by atoms with Crippen molar-refractivity contribution in [2.45, 2.75) is 225 Å². The van der Waals surface area contributed by atoms with E-state index in [-0.39, 0.29) is 25.8 Å². The lowest BCUT2D eigenvalue weighted by atomic mass is 10.0. The Morgan fingerprint density at radius 3 is 1.34 bits per heavy atom. The summed E-state index contributed by atoms with van der Waals surface area (Å²) < 4.78 is 35.2. The van der Waals surface area contributed by atoms with Gasteiger partial charge in [-0.3, -0.25) is 13.8 Å². The number of carbonyl (C=O) groups is 1. The number of unbranched alkanes of at least 4 members (excludes halogenated alkanes) is 23. The normalized spacial score (nSPS) is 14.1. The Labute approximate surface area is 402 Å². The molecule has 0 heterocycles. The van der Waals surface area contributed by atoms with Crippen LogP contribution in [0, 0.1) is 0 Å². The van der Waals surface area contributed by atoms with Gasteiger partial charge in [-0.2, -0.15) is 0 Å². The summed E-state index contributed by atoms with van der Waals surface area (Å²) in [5.41, 5.74) is 0. The van der Waals surface area contributed by atoms with Crippen LogP contribution in [-0.4, -0.2) is 75.6 Å². The highest BCUT2D eigenvalue weighted by molar-refractivity contribution is 7.47. The van der Waals surface area contributed by atoms with E-state index in [1.807, 2.05) is 21.1 Å². The summed E-state index contributed by atoms with van der Waals surface area (Å²) in [6.07, 6.45) is 63.8. The SMILES string of the molecule is CC/C=C\C/C=C\C/C=C\C/C=C\C/C=C\C/C=C\CCCCCCCCC(=O)OC(COCCCCCCCCCCCCCCCCCCCC)COP(=O)(O)OCC[N+](C)(C)C. The first-order chi connectivity index (χ1) is 31.6. The summed E-state index contributed by atoms with van der Waals surface area (Å²) in [4.78, 5) is 23.0. The van der Waals surface area contributed by atoms with Gasteiger partial charge in [0.15, 0.2) is 0 Å². The molecule has 0 saturated carbocycles. The van der Waals surface area contributed by atoms with Crippen LogP contribution in [0.15, 0.2) is 72.9 Å². The molecule has 0 rings (SSSR count). The van der Waals surface area contributed by atoms with Gasteiger partial charge in [0, 0.05) is 13.0 Å². The first-order valence-corrected chi connectivity index (χ1v) is 28.2. The van der Waals surface area contributed by atoms with Crippen LogP contribution in [0.3, 0.4) is 0 Å². The third-order valence-corrected chi connectivity index (χ3v) is 12.3. The third-order valence-electron chi connectivity index (χ3n) is 11.3. The molecule has 378 valence electrons. The molecule has 0 spiro atoms. The van der Waals surface area contributed by atoms with Gasteiger partial charge in [0.05, 0.1) is 34.4 Å². The zero-order valence-electron chi connectivity index (χ0n) is 43.0. The lowest BCUT2D eigenvalue weighted by Gasteiger charge is -2.24. The second-order valence-corrected chi connectivity index (χ2v) is 20.3. The zero-order chi connectivity index (χ0) is 47.6. The first-order valence-electron chi connectivity index (χ1n) is 26.7. The summed E-state index contributed by atoms with van der Waals surface area (Å²) in [6, 6.07) is 0. The van der Waals surface area contributed by atoms with E-state index in [0.29, 0.717) is 24.1 Å². The number of likely N-dealkylation sites (N-methyl/N-ethyl adjacent to an activating group) is 1. The molecule has 2 atom stereocenters. The molecule has 0 aromatic heterocycles. The van der Waals surface area contributed by atoms with E-state index in [4.69, 9.17) is 18.5 Å². The molecule has 0 aromatic carbocycles. The quantitative estimate of drug-likeness (QED) is 0.0214. The molecule has 0 fully saturated rings. The maximum atomic E-state index is 12.8. The van der Waals surface area contributed by atoms with Gasteiger partial charge in [-0.1, -0.05) is 222 Å². The van der Waals surface area contributed by atoms with Crippen LogP contribution in [0.4, 0.5) is 0 Å². The molecule has 0 aliphatic rings. The average molecular weight is 933 g/mol. The van der Waals surface area contributed by atoms with Crippen LogP contribution in [-0.2, 0) is 27.9 Å². The second kappa shape index (κ2) is 48.4. The molecule has 0 aliphatic heterocycles. The minimum Gasteiger partial charge on any atom is -0.457 e. The van der Waals surface area contributed by atoms with Crippen molar-refractivity contribution in [2.24, 2.45) is 0 Å². The van der Waals surface area contributed by atoms with Crippen molar-refractivity contribution in [2.75, 3.05) is 54.1 Å². The molecule has 0 aliphatic carbocycles. The lowest BCUT2D eigenvalue weighted by Crippen LogP contribution is -2.37. The van der Waals surface area contributed by atoms with Crippen molar-refractivity contribution in [1.82, 2.24) is 0 Å². The van der Waals surface area contributed by atoms with Gasteiger partial charge in [0.1, 0.15) is 19.3 Å². The smallest absolute Gasteiger partial charge is 0.457 e. The van der Waals surface area contributed by atoms with Gasteiger partial charge in [-0.15, -0.1) is 0 Å². The molecular weight excluding hydrogens is 830 g/mol. The van der Waals surface area contributed by atoms with Crippen LogP contribution in [0.25, 0.3) is 0 Å². The molecule has 0 bridgehead atoms. The summed E-state index contributed by atoms with van der Waals surface area (Å²) >= 11 is 0. The Bertz CT molecular complexity index is 1270. The van der Waals surface area contributed by atoms with E-state index in [0.717, 1.165) is 83.5 Å². The van der Waals surface area contributed by atoms with Gasteiger partial charge in [0.25, 0.3) is 0 Å². The Morgan fingerprint density at radius 1 is 0.492 bits per heavy atom. The Morgan fingerprint density at radius 2 is 0.892 bits per heavy atom. The van der Waals surface area contributed by atoms with E-state index in [2.05, 4.69) is 86.8 Å². The van der Waals surface area contributed by atoms with Crippen LogP contribution >= 0.6 is 7.82 Å². The molecule has 0 saturated heterocycles. The second-order valence-electron chi connectivity index (χ2n) is 18.9. The standard InChI is InChI=1S/C56H102NO7P/c1-6-8-10-12-14-16-18-20-22-24-26-27-28-29-30-31-32-33-35-37-39-41-43-45-47-49-56(58)64-55(54-63-65(59,60)62-52-50-57(3,4)5)53-61-51-48-46-44-42-40-38-36-34-25-23-21-19-17-15-13-11-9-7-2/h8,10,14,16,20,22,26-27,29-30,32-33,55H,6-7,9,11-13,15,17-19,21,23-25,28,31,34-54H2,1-5H3/p+1/b10-8-,16-14-,22-20-,27-26-,30-29-,33-32-. The Hall–Kier alpha value is -2.06. The number of phosphoric ester groups is 1. The lowest BCUT2D eigenvalue weighted by molar-refractivity contribution is -0.870. The van der Waals surface area contributed by atoms with Gasteiger partial charge in [-0.25, -0.2) is 4.57 Å². The van der Waals surface area contributed by atoms with Crippen LogP contribution in [0.1, 0.15) is 219 Å². The summed E-state index contributed by atoms with van der Waals surface area (Å²) in [7, 11) is 1.65. The number of esters is 1. The third kappa shape index (κ3) is 52.8. The number of hydrogen-bond acceptors (Lipinski definition) is 6. The summed E-state index contributed by atoms with van der Waals surface area (Å²) in [5, 5.41) is 0. The predicted molar refractivity (Wildman–Crippen MR) is 279 cm³/mol. The fraction of sp³-hybridized carbons (Fsp3) is 0.768. The molecule has 0 radical (unpaired) electrons. The number of ether oxygens (including phenoxy) is 2. The first kappa shape index (κ1) is 62.9. The Kier molecular flexibility index (Phi) is 46.9. The van der Waals surface area contributed by atoms with Gasteiger partial charge >= 0.3 is 13.8 Å². The molecule has 8 nitrogen and oxygen atoms in total. The van der Waals surface area contributed by atoms with Crippen molar-refractivity contribution in [3.8, 4) is 0 Å². The van der Waals surface area contributed by atoms with Crippen molar-refractivity contribution in [3.63, 3.8) is 0 Å². The van der Waals surface area contributed by atoms with Gasteiger partial charge in [0.2, 0.25) is 0 Å². The van der Waals surface area contributed by atoms with E-state index in [9.17, 15) is 14.3 Å². The monoisotopic (exact) mass is 933 g/mol. The number of quaternary nitrogens is 1. The van der Waals surface area contributed by atoms with E-state index < -0.39 is 13.9 Å². The maximum Gasteiger partial charge on any atom is 0.472 e. The highest BCUT2D eigenvalue weighted by Gasteiger charge is 2.26. The van der Waals surface area contributed by atoms with E-state index in [1.54, 1.807) is 0 Å². The van der Waals surface area contributed by atoms with Crippen molar-refractivity contribution < 1.29 is 37.3 Å². The molecule has 65 heavy (non-hydrogen) atoms. The minimum atomic E-state index is -4.29. The van der Waals surface area contributed by atoms with Crippen molar-refractivity contribution in [1.29, 1.82) is 0 Å². The number of hydrogen-bond donors (Lipinski definition) is 1. The summed E-state index contributed by atoms with van der Waals surface area (Å²) in [5.74, 6) is -0.327. The van der Waals surface area contributed by atoms with E-state index in [1.165, 1.54) is 116 Å². The maximum absolute atomic E-state index is 12.8. The van der Waals surface area contributed by atoms with Crippen LogP contribution < -0.4 is 0 Å². The minimum absolute atomic E-state index is 0.0834. The molecule has 0 amide bonds. The summed E-state index contributed by atoms with van der Waals surface area (Å²) in [6.45, 7) is 5.51. The van der Waals surface area contributed by atoms with Crippen molar-refractivity contribution in [3.05, 3.63) is 72.9 Å². The predicted octanol–water partition coefficient (Wildman–Crippen LogP) is 16.6.